The second-order valence-electron chi connectivity index (χ2n) is 9.40. The van der Waals surface area contributed by atoms with Crippen molar-refractivity contribution in [2.75, 3.05) is 19.7 Å². The molecular formula is C26H28FN3O4. The molecule has 0 unspecified atom stereocenters. The Bertz CT molecular complexity index is 1120. The Labute approximate surface area is 197 Å². The molecule has 3 fully saturated rings. The molecule has 2 aromatic rings. The number of aryl methyl sites for hydroxylation is 1. The van der Waals surface area contributed by atoms with Crippen LogP contribution in [0.25, 0.3) is 0 Å². The van der Waals surface area contributed by atoms with Gasteiger partial charge in [0.2, 0.25) is 5.91 Å². The van der Waals surface area contributed by atoms with Crippen LogP contribution < -0.4 is 5.32 Å². The van der Waals surface area contributed by atoms with Crippen molar-refractivity contribution in [1.82, 2.24) is 15.1 Å². The summed E-state index contributed by atoms with van der Waals surface area (Å²) in [6.07, 6.45) is 2.65. The van der Waals surface area contributed by atoms with Crippen molar-refractivity contribution in [2.45, 2.75) is 50.4 Å². The van der Waals surface area contributed by atoms with Crippen molar-refractivity contribution < 1.29 is 23.5 Å². The van der Waals surface area contributed by atoms with Crippen LogP contribution in [0, 0.1) is 12.7 Å². The minimum absolute atomic E-state index is 0.119. The lowest BCUT2D eigenvalue weighted by Crippen LogP contribution is -2.60. The standard InChI is InChI=1S/C26H28FN3O4/c1-17-4-2-5-18(14-17)25(33)30-22(23(31)28-21-8-9-21)16-34-26(30)10-12-29(13-11-26)24(32)19-6-3-7-20(27)15-19/h2-7,14-15,21-22H,8-13,16H2,1H3,(H,28,31)/t22-/m1/s1. The van der Waals surface area contributed by atoms with Crippen molar-refractivity contribution >= 4 is 17.7 Å². The molecule has 5 rings (SSSR count). The lowest BCUT2D eigenvalue weighted by Gasteiger charge is -2.44. The molecule has 0 aromatic heterocycles. The smallest absolute Gasteiger partial charge is 0.256 e. The number of carbonyl (C=O) groups excluding carboxylic acids is 3. The van der Waals surface area contributed by atoms with E-state index in [9.17, 15) is 18.8 Å². The second kappa shape index (κ2) is 8.83. The van der Waals surface area contributed by atoms with E-state index in [0.717, 1.165) is 18.4 Å². The van der Waals surface area contributed by atoms with Crippen molar-refractivity contribution in [3.05, 3.63) is 71.0 Å². The number of piperidine rings is 1. The highest BCUT2D eigenvalue weighted by Crippen LogP contribution is 2.39. The fourth-order valence-electron chi connectivity index (χ4n) is 4.87. The summed E-state index contributed by atoms with van der Waals surface area (Å²) < 4.78 is 19.8. The maximum Gasteiger partial charge on any atom is 0.256 e. The molecule has 1 spiro atoms. The van der Waals surface area contributed by atoms with Crippen LogP contribution in [0.1, 0.15) is 52.0 Å². The normalized spacial score (nSPS) is 21.5. The minimum atomic E-state index is -0.967. The molecular weight excluding hydrogens is 437 g/mol. The zero-order chi connectivity index (χ0) is 23.9. The average Bonchev–Trinajstić information content (AvgIpc) is 3.58. The largest absolute Gasteiger partial charge is 0.353 e. The van der Waals surface area contributed by atoms with Crippen molar-refractivity contribution in [1.29, 1.82) is 0 Å². The van der Waals surface area contributed by atoms with E-state index < -0.39 is 17.6 Å². The maximum atomic E-state index is 13.7. The Kier molecular flexibility index (Phi) is 5.85. The number of halogens is 1. The molecule has 1 atom stereocenters. The van der Waals surface area contributed by atoms with Gasteiger partial charge in [-0.1, -0.05) is 23.8 Å². The molecule has 1 saturated carbocycles. The fourth-order valence-corrected chi connectivity index (χ4v) is 4.87. The van der Waals surface area contributed by atoms with Crippen LogP contribution in [0.2, 0.25) is 0 Å². The molecule has 0 bridgehead atoms. The first-order chi connectivity index (χ1) is 16.4. The number of likely N-dealkylation sites (tertiary alicyclic amines) is 1. The number of rotatable bonds is 4. The number of carbonyl (C=O) groups is 3. The number of nitrogens with one attached hydrogen (secondary N) is 1. The number of benzene rings is 2. The number of hydrogen-bond acceptors (Lipinski definition) is 4. The van der Waals surface area contributed by atoms with Gasteiger partial charge in [0.15, 0.2) is 0 Å². The van der Waals surface area contributed by atoms with Crippen LogP contribution in [0.3, 0.4) is 0 Å². The van der Waals surface area contributed by atoms with Crippen LogP contribution in [0.4, 0.5) is 4.39 Å². The number of nitrogens with zero attached hydrogens (tertiary/aromatic N) is 2. The van der Waals surface area contributed by atoms with E-state index >= 15 is 0 Å². The van der Waals surface area contributed by atoms with Gasteiger partial charge in [-0.25, -0.2) is 4.39 Å². The molecule has 7 nitrogen and oxygen atoms in total. The van der Waals surface area contributed by atoms with Crippen LogP contribution in [0.15, 0.2) is 48.5 Å². The summed E-state index contributed by atoms with van der Waals surface area (Å²) in [5.74, 6) is -1.16. The lowest BCUT2D eigenvalue weighted by atomic mass is 9.95. The number of ether oxygens (including phenoxy) is 1. The fraction of sp³-hybridized carbons (Fsp3) is 0.423. The third kappa shape index (κ3) is 4.30. The summed E-state index contributed by atoms with van der Waals surface area (Å²) >= 11 is 0. The zero-order valence-corrected chi connectivity index (χ0v) is 19.1. The third-order valence-electron chi connectivity index (χ3n) is 6.87. The predicted molar refractivity (Wildman–Crippen MR) is 123 cm³/mol. The molecule has 2 saturated heterocycles. The van der Waals surface area contributed by atoms with Crippen LogP contribution >= 0.6 is 0 Å². The highest BCUT2D eigenvalue weighted by molar-refractivity contribution is 5.99. The van der Waals surface area contributed by atoms with Crippen molar-refractivity contribution in [2.24, 2.45) is 0 Å². The van der Waals surface area contributed by atoms with Gasteiger partial charge in [0.05, 0.1) is 6.61 Å². The van der Waals surface area contributed by atoms with Gasteiger partial charge >= 0.3 is 0 Å². The van der Waals surface area contributed by atoms with E-state index in [2.05, 4.69) is 5.32 Å². The first kappa shape index (κ1) is 22.5. The Morgan fingerprint density at radius 1 is 1.00 bits per heavy atom. The van der Waals surface area contributed by atoms with E-state index in [-0.39, 0.29) is 35.9 Å². The van der Waals surface area contributed by atoms with Gasteiger partial charge in [0, 0.05) is 43.1 Å². The summed E-state index contributed by atoms with van der Waals surface area (Å²) in [5.41, 5.74) is 0.782. The Morgan fingerprint density at radius 3 is 2.32 bits per heavy atom. The van der Waals surface area contributed by atoms with Gasteiger partial charge in [-0.05, 0) is 50.1 Å². The third-order valence-corrected chi connectivity index (χ3v) is 6.87. The summed E-state index contributed by atoms with van der Waals surface area (Å²) in [7, 11) is 0. The zero-order valence-electron chi connectivity index (χ0n) is 19.1. The SMILES string of the molecule is Cc1cccc(C(=O)N2[C@@H](C(=O)NC3CC3)COC23CCN(C(=O)c2cccc(F)c2)CC3)c1. The van der Waals surface area contributed by atoms with Crippen molar-refractivity contribution in [3.63, 3.8) is 0 Å². The molecule has 0 radical (unpaired) electrons. The van der Waals surface area contributed by atoms with Gasteiger partial charge in [-0.3, -0.25) is 19.3 Å². The topological polar surface area (TPSA) is 79.0 Å². The highest BCUT2D eigenvalue weighted by Gasteiger charge is 2.54. The maximum absolute atomic E-state index is 13.7. The molecule has 1 aliphatic carbocycles. The molecule has 2 heterocycles. The predicted octanol–water partition coefficient (Wildman–Crippen LogP) is 2.89. The summed E-state index contributed by atoms with van der Waals surface area (Å²) in [4.78, 5) is 42.9. The first-order valence-corrected chi connectivity index (χ1v) is 11.8. The monoisotopic (exact) mass is 465 g/mol. The number of hydrogen-bond donors (Lipinski definition) is 1. The second-order valence-corrected chi connectivity index (χ2v) is 9.40. The van der Waals surface area contributed by atoms with Crippen LogP contribution in [0.5, 0.6) is 0 Å². The van der Waals surface area contributed by atoms with Gasteiger partial charge < -0.3 is 15.0 Å². The average molecular weight is 466 g/mol. The molecule has 2 aromatic carbocycles. The lowest BCUT2D eigenvalue weighted by molar-refractivity contribution is -0.128. The van der Waals surface area contributed by atoms with Gasteiger partial charge in [-0.2, -0.15) is 0 Å². The first-order valence-electron chi connectivity index (χ1n) is 11.8. The quantitative estimate of drug-likeness (QED) is 0.753. The van der Waals surface area contributed by atoms with E-state index in [0.29, 0.717) is 31.5 Å². The molecule has 3 aliphatic rings. The minimum Gasteiger partial charge on any atom is -0.353 e. The molecule has 178 valence electrons. The molecule has 8 heteroatoms. The van der Waals surface area contributed by atoms with E-state index in [1.165, 1.54) is 18.2 Å². The Hall–Kier alpha value is -3.26. The van der Waals surface area contributed by atoms with E-state index in [4.69, 9.17) is 4.74 Å². The van der Waals surface area contributed by atoms with Crippen molar-refractivity contribution in [3.8, 4) is 0 Å². The molecule has 34 heavy (non-hydrogen) atoms. The Balaban J connectivity index is 1.38. The summed E-state index contributed by atoms with van der Waals surface area (Å²) in [6, 6.07) is 12.4. The molecule has 1 N–H and O–H groups in total. The molecule has 3 amide bonds. The van der Waals surface area contributed by atoms with Gasteiger partial charge in [0.1, 0.15) is 17.6 Å². The van der Waals surface area contributed by atoms with Crippen LogP contribution in [-0.2, 0) is 9.53 Å². The molecule has 2 aliphatic heterocycles. The summed E-state index contributed by atoms with van der Waals surface area (Å²) in [5, 5.41) is 3.01. The van der Waals surface area contributed by atoms with Gasteiger partial charge in [-0.15, -0.1) is 0 Å². The summed E-state index contributed by atoms with van der Waals surface area (Å²) in [6.45, 7) is 2.71. The van der Waals surface area contributed by atoms with E-state index in [1.807, 2.05) is 25.1 Å². The number of amides is 3. The van der Waals surface area contributed by atoms with E-state index in [1.54, 1.807) is 21.9 Å². The van der Waals surface area contributed by atoms with Gasteiger partial charge in [0.25, 0.3) is 11.8 Å². The Morgan fingerprint density at radius 2 is 1.68 bits per heavy atom. The van der Waals surface area contributed by atoms with Crippen LogP contribution in [-0.4, -0.2) is 65.0 Å². The highest BCUT2D eigenvalue weighted by atomic mass is 19.1.